The Hall–Kier alpha value is -3.29. The number of fused-ring (bicyclic) bond motifs is 5. The molecule has 0 N–H and O–H groups in total. The maximum atomic E-state index is 5.21. The third kappa shape index (κ3) is 3.61. The molecule has 5 aromatic rings. The molecule has 3 aromatic heterocycles. The summed E-state index contributed by atoms with van der Waals surface area (Å²) in [7, 11) is 0. The van der Waals surface area contributed by atoms with Crippen LogP contribution in [0.2, 0.25) is 0 Å². The van der Waals surface area contributed by atoms with Crippen molar-refractivity contribution in [1.29, 1.82) is 0 Å². The molecule has 1 aliphatic carbocycles. The molecule has 0 saturated carbocycles. The first-order valence-corrected chi connectivity index (χ1v) is 13.8. The molecule has 2 aliphatic rings. The molecule has 0 spiro atoms. The lowest BCUT2D eigenvalue weighted by Crippen LogP contribution is -2.48. The summed E-state index contributed by atoms with van der Waals surface area (Å²) in [5, 5.41) is 5.87. The van der Waals surface area contributed by atoms with Gasteiger partial charge in [0.25, 0.3) is 0 Å². The Labute approximate surface area is 215 Å². The zero-order valence-corrected chi connectivity index (χ0v) is 21.4. The highest BCUT2D eigenvalue weighted by Crippen LogP contribution is 2.43. The van der Waals surface area contributed by atoms with Gasteiger partial charge in [-0.15, -0.1) is 11.3 Å². The Morgan fingerprint density at radius 2 is 1.61 bits per heavy atom. The molecule has 182 valence electrons. The minimum Gasteiger partial charge on any atom is -0.338 e. The molecule has 36 heavy (non-hydrogen) atoms. The summed E-state index contributed by atoms with van der Waals surface area (Å²) in [6.45, 7) is 6.08. The Balaban J connectivity index is 1.22. The number of hydrogen-bond acceptors (Lipinski definition) is 6. The molecule has 6 nitrogen and oxygen atoms in total. The first-order valence-electron chi connectivity index (χ1n) is 13.0. The van der Waals surface area contributed by atoms with E-state index < -0.39 is 0 Å². The highest BCUT2D eigenvalue weighted by Gasteiger charge is 2.30. The van der Waals surface area contributed by atoms with Crippen molar-refractivity contribution in [2.24, 2.45) is 0 Å². The van der Waals surface area contributed by atoms with Crippen molar-refractivity contribution in [3.8, 4) is 0 Å². The normalized spacial score (nSPS) is 18.8. The Bertz CT molecular complexity index is 1460. The largest absolute Gasteiger partial charge is 0.338 e. The molecule has 4 heterocycles. The first-order chi connectivity index (χ1) is 17.8. The van der Waals surface area contributed by atoms with Crippen LogP contribution in [0.15, 0.2) is 67.0 Å². The minimum absolute atomic E-state index is 0.252. The van der Waals surface area contributed by atoms with Gasteiger partial charge < -0.3 is 4.90 Å². The van der Waals surface area contributed by atoms with Crippen molar-refractivity contribution in [1.82, 2.24) is 24.5 Å². The van der Waals surface area contributed by atoms with E-state index in [2.05, 4.69) is 82.5 Å². The molecular weight excluding hydrogens is 464 g/mol. The lowest BCUT2D eigenvalue weighted by molar-refractivity contribution is 0.211. The molecule has 0 bridgehead atoms. The van der Waals surface area contributed by atoms with E-state index in [1.54, 1.807) is 6.33 Å². The average molecular weight is 495 g/mol. The van der Waals surface area contributed by atoms with Gasteiger partial charge in [0.2, 0.25) is 5.95 Å². The van der Waals surface area contributed by atoms with Crippen LogP contribution in [0.5, 0.6) is 0 Å². The number of aryl methyl sites for hydroxylation is 1. The second kappa shape index (κ2) is 8.98. The van der Waals surface area contributed by atoms with E-state index in [-0.39, 0.29) is 6.04 Å². The third-order valence-electron chi connectivity index (χ3n) is 7.89. The van der Waals surface area contributed by atoms with Crippen LogP contribution in [0.4, 0.5) is 5.95 Å². The monoisotopic (exact) mass is 494 g/mol. The topological polar surface area (TPSA) is 49.6 Å². The number of nitrogens with zero attached hydrogens (tertiary/aromatic N) is 6. The van der Waals surface area contributed by atoms with Crippen molar-refractivity contribution in [3.63, 3.8) is 0 Å². The van der Waals surface area contributed by atoms with Crippen molar-refractivity contribution in [2.45, 2.75) is 38.1 Å². The van der Waals surface area contributed by atoms with Gasteiger partial charge in [-0.05, 0) is 41.9 Å². The van der Waals surface area contributed by atoms with Gasteiger partial charge in [0.15, 0.2) is 5.65 Å². The molecule has 0 amide bonds. The number of piperazine rings is 1. The van der Waals surface area contributed by atoms with Gasteiger partial charge >= 0.3 is 0 Å². The fourth-order valence-corrected chi connectivity index (χ4v) is 7.48. The van der Waals surface area contributed by atoms with Crippen LogP contribution in [-0.4, -0.2) is 50.7 Å². The summed E-state index contributed by atoms with van der Waals surface area (Å²) in [5.41, 5.74) is 5.12. The van der Waals surface area contributed by atoms with Crippen molar-refractivity contribution in [2.75, 3.05) is 31.1 Å². The van der Waals surface area contributed by atoms with Crippen LogP contribution >= 0.6 is 11.3 Å². The first kappa shape index (κ1) is 21.9. The molecule has 2 aromatic carbocycles. The zero-order chi connectivity index (χ0) is 24.1. The van der Waals surface area contributed by atoms with Crippen LogP contribution in [0.1, 0.15) is 53.3 Å². The van der Waals surface area contributed by atoms with Crippen LogP contribution < -0.4 is 4.90 Å². The van der Waals surface area contributed by atoms with E-state index >= 15 is 0 Å². The highest BCUT2D eigenvalue weighted by molar-refractivity contribution is 7.19. The van der Waals surface area contributed by atoms with Crippen LogP contribution in [0, 0.1) is 0 Å². The van der Waals surface area contributed by atoms with E-state index in [1.165, 1.54) is 39.8 Å². The molecule has 1 fully saturated rings. The fourth-order valence-electron chi connectivity index (χ4n) is 6.16. The smallest absolute Gasteiger partial charge is 0.230 e. The summed E-state index contributed by atoms with van der Waals surface area (Å²) in [4.78, 5) is 17.5. The Morgan fingerprint density at radius 1 is 0.917 bits per heavy atom. The Morgan fingerprint density at radius 3 is 2.31 bits per heavy atom. The van der Waals surface area contributed by atoms with E-state index in [0.29, 0.717) is 5.92 Å². The van der Waals surface area contributed by atoms with Gasteiger partial charge in [-0.25, -0.2) is 9.97 Å². The molecular formula is C29H30N6S. The van der Waals surface area contributed by atoms with Gasteiger partial charge in [0, 0.05) is 31.1 Å². The number of benzene rings is 2. The number of hydrogen-bond donors (Lipinski definition) is 0. The van der Waals surface area contributed by atoms with Crippen LogP contribution in [-0.2, 0) is 6.42 Å². The lowest BCUT2D eigenvalue weighted by Gasteiger charge is -2.40. The summed E-state index contributed by atoms with van der Waals surface area (Å²) in [6.07, 6.45) is 5.36. The molecule has 7 rings (SSSR count). The van der Waals surface area contributed by atoms with Gasteiger partial charge in [-0.1, -0.05) is 67.6 Å². The molecule has 7 heteroatoms. The van der Waals surface area contributed by atoms with Crippen LogP contribution in [0.3, 0.4) is 0 Å². The predicted octanol–water partition coefficient (Wildman–Crippen LogP) is 5.69. The zero-order valence-electron chi connectivity index (χ0n) is 20.5. The summed E-state index contributed by atoms with van der Waals surface area (Å²) in [6, 6.07) is 22.0. The van der Waals surface area contributed by atoms with Gasteiger partial charge in [-0.3, -0.25) is 4.90 Å². The van der Waals surface area contributed by atoms with E-state index in [1.807, 2.05) is 15.9 Å². The number of anilines is 1. The average Bonchev–Trinajstić information content (AvgIpc) is 3.55. The molecule has 0 radical (unpaired) electrons. The van der Waals surface area contributed by atoms with E-state index in [9.17, 15) is 0 Å². The third-order valence-corrected chi connectivity index (χ3v) is 9.05. The Kier molecular flexibility index (Phi) is 5.47. The van der Waals surface area contributed by atoms with Crippen LogP contribution in [0.25, 0.3) is 15.9 Å². The van der Waals surface area contributed by atoms with Gasteiger partial charge in [0.05, 0.1) is 11.4 Å². The van der Waals surface area contributed by atoms with E-state index in [0.717, 1.165) is 49.0 Å². The van der Waals surface area contributed by atoms with Crippen molar-refractivity contribution >= 4 is 33.1 Å². The van der Waals surface area contributed by atoms with E-state index in [4.69, 9.17) is 9.97 Å². The highest BCUT2D eigenvalue weighted by atomic mass is 32.1. The molecule has 1 unspecified atom stereocenters. The summed E-state index contributed by atoms with van der Waals surface area (Å²) >= 11 is 1.87. The molecule has 1 aliphatic heterocycles. The second-order valence-corrected chi connectivity index (χ2v) is 11.2. The lowest BCUT2D eigenvalue weighted by atomic mass is 9.87. The van der Waals surface area contributed by atoms with Crippen molar-refractivity contribution < 1.29 is 0 Å². The second-order valence-electron chi connectivity index (χ2n) is 10.1. The maximum absolute atomic E-state index is 5.21. The summed E-state index contributed by atoms with van der Waals surface area (Å²) < 4.78 is 1.98. The number of rotatable bonds is 4. The quantitative estimate of drug-likeness (QED) is 0.321. The van der Waals surface area contributed by atoms with Gasteiger partial charge in [-0.2, -0.15) is 9.61 Å². The molecule has 1 saturated heterocycles. The SMILES string of the molecule is CC1CCCc2sc3nc(N4CCN(C(c5ccccc5)c5ccccc5)CC4)n4ncnc4c3c21. The fraction of sp³-hybridized carbons (Fsp3) is 0.345. The standard InChI is InChI=1S/C29H30N6S/c1-20-9-8-14-23-24(20)25-27-30-19-31-35(27)29(32-28(25)36-23)34-17-15-33(16-18-34)26(21-10-4-2-5-11-21)22-12-6-3-7-13-22/h2-7,10-13,19-20,26H,8-9,14-18H2,1H3. The molecule has 1 atom stereocenters. The predicted molar refractivity (Wildman–Crippen MR) is 146 cm³/mol. The maximum Gasteiger partial charge on any atom is 0.230 e. The minimum atomic E-state index is 0.252. The summed E-state index contributed by atoms with van der Waals surface area (Å²) in [5.74, 6) is 1.49. The number of thiophene rings is 1. The number of aromatic nitrogens is 4. The van der Waals surface area contributed by atoms with Crippen molar-refractivity contribution in [3.05, 3.63) is 88.6 Å². The van der Waals surface area contributed by atoms with Gasteiger partial charge in [0.1, 0.15) is 11.2 Å².